The molecule has 0 saturated carbocycles. The van der Waals surface area contributed by atoms with Gasteiger partial charge in [-0.3, -0.25) is 0 Å². The summed E-state index contributed by atoms with van der Waals surface area (Å²) in [6.07, 6.45) is 0. The summed E-state index contributed by atoms with van der Waals surface area (Å²) in [4.78, 5) is 0. The quantitative estimate of drug-likeness (QED) is 0.359. The van der Waals surface area contributed by atoms with Crippen LogP contribution in [0.4, 0.5) is 0 Å². The van der Waals surface area contributed by atoms with Crippen LogP contribution in [0.2, 0.25) is 0 Å². The maximum absolute atomic E-state index is 0. The van der Waals surface area contributed by atoms with Gasteiger partial charge < -0.3 is 0 Å². The van der Waals surface area contributed by atoms with E-state index in [2.05, 4.69) is 0 Å². The van der Waals surface area contributed by atoms with Gasteiger partial charge in [0.2, 0.25) is 0 Å². The molecule has 0 atom stereocenters. The predicted octanol–water partition coefficient (Wildman–Crippen LogP) is -3.40. The number of rotatable bonds is 0. The Morgan fingerprint density at radius 1 is 1.00 bits per heavy atom. The molecule has 0 heterocycles. The van der Waals surface area contributed by atoms with Crippen LogP contribution in [0.3, 0.4) is 0 Å². The first-order valence-electron chi connectivity index (χ1n) is 0. The fourth-order valence-corrected chi connectivity index (χ4v) is 0. The number of hydrogen-bond acceptors (Lipinski definition) is 0. The normalized spacial score (nSPS) is 0. The van der Waals surface area contributed by atoms with Crippen molar-refractivity contribution >= 4 is 88.8 Å². The summed E-state index contributed by atoms with van der Waals surface area (Å²) in [7, 11) is 0. The number of hydrogen-bond donors (Lipinski definition) is 0. The van der Waals surface area contributed by atoms with Gasteiger partial charge in [-0.15, -0.1) is 0 Å². The van der Waals surface area contributed by atoms with Crippen LogP contribution in [-0.2, 0) is 33.6 Å². The molecule has 6 heavy (non-hydrogen) atoms. The van der Waals surface area contributed by atoms with Gasteiger partial charge in [0.25, 0.3) is 0 Å². The van der Waals surface area contributed by atoms with Crippen LogP contribution < -0.4 is 0 Å². The van der Waals surface area contributed by atoms with Crippen LogP contribution >= 0.6 is 0 Å². The van der Waals surface area contributed by atoms with Gasteiger partial charge in [-0.2, -0.15) is 0 Å². The first kappa shape index (κ1) is 51.5. The molecule has 0 fully saturated rings. The Kier molecular flexibility index (Phi) is 313. The van der Waals surface area contributed by atoms with Crippen LogP contribution in [0, 0.1) is 0 Å². The second kappa shape index (κ2) is 36.5. The Morgan fingerprint density at radius 3 is 1.00 bits per heavy atom. The third-order valence-electron chi connectivity index (χ3n) is 0. The molecule has 0 aromatic carbocycles. The fraction of sp³-hybridized carbons (Fsp3) is 0. The molecule has 0 rings (SSSR count). The van der Waals surface area contributed by atoms with E-state index >= 15 is 0 Å². The molecule has 0 saturated heterocycles. The topological polar surface area (TPSA) is 0 Å². The van der Waals surface area contributed by atoms with Crippen molar-refractivity contribution in [2.24, 2.45) is 0 Å². The van der Waals surface area contributed by atoms with E-state index in [1.165, 1.54) is 0 Å². The van der Waals surface area contributed by atoms with E-state index in [0.717, 1.165) is 0 Å². The fourth-order valence-electron chi connectivity index (χ4n) is 0. The Labute approximate surface area is 120 Å². The van der Waals surface area contributed by atoms with Gasteiger partial charge in [-0.25, -0.2) is 0 Å². The first-order chi connectivity index (χ1) is 0. The minimum absolute atomic E-state index is 0. The monoisotopic (exact) mass is 201 g/mol. The van der Waals surface area contributed by atoms with Crippen LogP contribution in [0.25, 0.3) is 0 Å². The van der Waals surface area contributed by atoms with Crippen molar-refractivity contribution in [3.63, 3.8) is 0 Å². The maximum Gasteiger partial charge on any atom is 0 e. The summed E-state index contributed by atoms with van der Waals surface area (Å²) in [5.41, 5.74) is 0. The second-order valence-corrected chi connectivity index (χ2v) is 0. The summed E-state index contributed by atoms with van der Waals surface area (Å²) >= 11 is 0. The molecule has 0 unspecified atom stereocenters. The molecule has 0 aromatic heterocycles. The molecule has 0 bridgehead atoms. The van der Waals surface area contributed by atoms with Crippen LogP contribution in [0.5, 0.6) is 0 Å². The third-order valence-corrected chi connectivity index (χ3v) is 0. The van der Waals surface area contributed by atoms with Gasteiger partial charge in [-0.05, 0) is 0 Å². The average molecular weight is 202 g/mol. The zero-order valence-corrected chi connectivity index (χ0v) is 2.86. The Hall–Kier alpha value is 3.91. The molecule has 0 aromatic rings. The van der Waals surface area contributed by atoms with Gasteiger partial charge >= 0.3 is 71.5 Å². The van der Waals surface area contributed by atoms with Crippen molar-refractivity contribution in [3.8, 4) is 0 Å². The molecule has 0 spiro atoms. The van der Waals surface area contributed by atoms with Crippen molar-refractivity contribution in [1.82, 2.24) is 0 Å². The Morgan fingerprint density at radius 2 is 1.00 bits per heavy atom. The summed E-state index contributed by atoms with van der Waals surface area (Å²) in [5, 5.41) is 0. The zero-order valence-electron chi connectivity index (χ0n) is 0.694. The van der Waals surface area contributed by atoms with Crippen LogP contribution in [0.15, 0.2) is 0 Å². The standard InChI is InChI=1S/Al.Li.Mg.Mn.Na.Ni.7H. The van der Waals surface area contributed by atoms with Crippen molar-refractivity contribution in [2.75, 3.05) is 0 Å². The van der Waals surface area contributed by atoms with E-state index in [1.54, 1.807) is 0 Å². The van der Waals surface area contributed by atoms with E-state index in [9.17, 15) is 0 Å². The van der Waals surface area contributed by atoms with E-state index < -0.39 is 0 Å². The summed E-state index contributed by atoms with van der Waals surface area (Å²) in [6.45, 7) is 0. The largest absolute Gasteiger partial charge is 0 e. The first-order valence-corrected chi connectivity index (χ1v) is 0. The second-order valence-electron chi connectivity index (χ2n) is 0. The SMILES string of the molecule is [AlH3].[LiH].[MgH2].[Mn].[NaH].[Ni]. The average Bonchev–Trinajstić information content (AvgIpc) is 0. The van der Waals surface area contributed by atoms with Gasteiger partial charge in [0.15, 0.2) is 17.4 Å². The molecule has 6 heteroatoms. The molecular formula is H7AlLiMgMnNaNi. The van der Waals surface area contributed by atoms with Crippen molar-refractivity contribution in [2.45, 2.75) is 0 Å². The Balaban J connectivity index is 0. The Bertz CT molecular complexity index is 15.5. The molecule has 0 nitrogen and oxygen atoms in total. The minimum atomic E-state index is 0. The minimum Gasteiger partial charge on any atom is 0 e. The van der Waals surface area contributed by atoms with E-state index in [4.69, 9.17) is 0 Å². The molecule has 0 aliphatic heterocycles. The summed E-state index contributed by atoms with van der Waals surface area (Å²) < 4.78 is 0. The van der Waals surface area contributed by atoms with E-state index in [1.807, 2.05) is 0 Å². The van der Waals surface area contributed by atoms with Gasteiger partial charge in [0.05, 0.1) is 0 Å². The van der Waals surface area contributed by atoms with Crippen molar-refractivity contribution < 1.29 is 33.6 Å². The molecular weight excluding hydrogens is 195 g/mol. The molecule has 31 valence electrons. The molecule has 0 aliphatic rings. The van der Waals surface area contributed by atoms with Gasteiger partial charge in [-0.1, -0.05) is 0 Å². The summed E-state index contributed by atoms with van der Waals surface area (Å²) in [6, 6.07) is 0. The molecule has 0 amide bonds. The smallest absolute Gasteiger partial charge is 0 e. The zero-order chi connectivity index (χ0) is 0. The van der Waals surface area contributed by atoms with Gasteiger partial charge in [0.1, 0.15) is 0 Å². The third kappa shape index (κ3) is 24.7. The van der Waals surface area contributed by atoms with E-state index in [-0.39, 0.29) is 122 Å². The predicted molar refractivity (Wildman–Crippen MR) is 32.8 cm³/mol. The maximum atomic E-state index is 0. The van der Waals surface area contributed by atoms with Crippen molar-refractivity contribution in [3.05, 3.63) is 0 Å². The summed E-state index contributed by atoms with van der Waals surface area (Å²) in [5.74, 6) is 0. The van der Waals surface area contributed by atoms with Crippen LogP contribution in [-0.4, -0.2) is 88.8 Å². The van der Waals surface area contributed by atoms with Crippen molar-refractivity contribution in [1.29, 1.82) is 0 Å². The van der Waals surface area contributed by atoms with Crippen LogP contribution in [0.1, 0.15) is 0 Å². The van der Waals surface area contributed by atoms with E-state index in [0.29, 0.717) is 0 Å². The molecule has 0 N–H and O–H groups in total. The van der Waals surface area contributed by atoms with Gasteiger partial charge in [0, 0.05) is 33.6 Å². The molecule has 0 aliphatic carbocycles. The molecule has 1 radical (unpaired) electrons.